The molecule has 3 heterocycles. The van der Waals surface area contributed by atoms with E-state index in [0.29, 0.717) is 19.6 Å². The highest BCUT2D eigenvalue weighted by Gasteiger charge is 2.28. The molecular weight excluding hydrogens is 346 g/mol. The number of nitrogens with zero attached hydrogens (tertiary/aromatic N) is 4. The van der Waals surface area contributed by atoms with E-state index >= 15 is 0 Å². The highest BCUT2D eigenvalue weighted by molar-refractivity contribution is 5.77. The third-order valence-electron chi connectivity index (χ3n) is 5.32. The van der Waals surface area contributed by atoms with Crippen LogP contribution in [0.3, 0.4) is 0 Å². The second-order valence-electron chi connectivity index (χ2n) is 7.28. The number of urea groups is 1. The summed E-state index contributed by atoms with van der Waals surface area (Å²) in [7, 11) is 3.52. The van der Waals surface area contributed by atoms with Crippen LogP contribution in [0.5, 0.6) is 0 Å². The molecule has 1 aromatic rings. The Morgan fingerprint density at radius 1 is 1.26 bits per heavy atom. The number of pyridine rings is 1. The summed E-state index contributed by atoms with van der Waals surface area (Å²) in [5.74, 6) is 0.497. The van der Waals surface area contributed by atoms with E-state index in [1.165, 1.54) is 7.11 Å². The lowest BCUT2D eigenvalue weighted by Gasteiger charge is -2.33. The van der Waals surface area contributed by atoms with Gasteiger partial charge in [0.25, 0.3) is 0 Å². The molecular formula is C19H29N5O3. The monoisotopic (exact) mass is 375 g/mol. The molecule has 0 spiro atoms. The van der Waals surface area contributed by atoms with Gasteiger partial charge < -0.3 is 24.8 Å². The van der Waals surface area contributed by atoms with E-state index in [1.807, 2.05) is 12.1 Å². The fourth-order valence-corrected chi connectivity index (χ4v) is 3.59. The van der Waals surface area contributed by atoms with Crippen LogP contribution in [0.25, 0.3) is 0 Å². The predicted octanol–water partition coefficient (Wildman–Crippen LogP) is 0.928. The molecule has 0 aliphatic carbocycles. The fraction of sp³-hybridized carbons (Fsp3) is 0.632. The number of carbonyl (C=O) groups is 2. The molecule has 1 N–H and O–H groups in total. The summed E-state index contributed by atoms with van der Waals surface area (Å²) in [4.78, 5) is 35.0. The van der Waals surface area contributed by atoms with Crippen molar-refractivity contribution in [3.05, 3.63) is 23.9 Å². The van der Waals surface area contributed by atoms with Crippen molar-refractivity contribution in [3.8, 4) is 0 Å². The van der Waals surface area contributed by atoms with Gasteiger partial charge >= 0.3 is 12.0 Å². The number of carbonyl (C=O) groups excluding carboxylic acids is 2. The molecule has 148 valence electrons. The van der Waals surface area contributed by atoms with E-state index in [2.05, 4.69) is 27.1 Å². The molecule has 1 atom stereocenters. The number of likely N-dealkylation sites (tertiary alicyclic amines) is 1. The number of hydrogen-bond donors (Lipinski definition) is 1. The number of esters is 1. The number of nitrogens with one attached hydrogen (secondary N) is 1. The Balaban J connectivity index is 1.53. The molecule has 2 aliphatic heterocycles. The number of hydrogen-bond acceptors (Lipinski definition) is 6. The van der Waals surface area contributed by atoms with Crippen LogP contribution < -0.4 is 10.2 Å². The van der Waals surface area contributed by atoms with Gasteiger partial charge in [-0.25, -0.2) is 9.78 Å². The molecule has 0 saturated carbocycles. The van der Waals surface area contributed by atoms with Gasteiger partial charge in [-0.15, -0.1) is 0 Å². The Labute approximate surface area is 160 Å². The van der Waals surface area contributed by atoms with Gasteiger partial charge in [-0.2, -0.15) is 0 Å². The van der Waals surface area contributed by atoms with Gasteiger partial charge in [0, 0.05) is 52.0 Å². The number of anilines is 1. The van der Waals surface area contributed by atoms with Crippen LogP contribution in [0.1, 0.15) is 18.4 Å². The topological polar surface area (TPSA) is 78.0 Å². The van der Waals surface area contributed by atoms with Crippen molar-refractivity contribution >= 4 is 17.8 Å². The summed E-state index contributed by atoms with van der Waals surface area (Å²) in [6.45, 7) is 5.51. The SMILES string of the molecule is COC(=O)C1CCCN(C(=O)NCc2ccnc(N3CCN(C)CC3)c2)C1. The van der Waals surface area contributed by atoms with Crippen LogP contribution in [0, 0.1) is 5.92 Å². The molecule has 3 rings (SSSR count). The zero-order valence-corrected chi connectivity index (χ0v) is 16.2. The first kappa shape index (κ1) is 19.4. The average molecular weight is 375 g/mol. The smallest absolute Gasteiger partial charge is 0.317 e. The van der Waals surface area contributed by atoms with Crippen LogP contribution in [-0.2, 0) is 16.1 Å². The van der Waals surface area contributed by atoms with Crippen molar-refractivity contribution in [2.24, 2.45) is 5.92 Å². The van der Waals surface area contributed by atoms with Crippen molar-refractivity contribution in [2.75, 3.05) is 58.3 Å². The number of amides is 2. The van der Waals surface area contributed by atoms with Crippen LogP contribution in [0.4, 0.5) is 10.6 Å². The number of rotatable bonds is 4. The summed E-state index contributed by atoms with van der Waals surface area (Å²) in [5.41, 5.74) is 1.02. The molecule has 1 unspecified atom stereocenters. The molecule has 2 aliphatic rings. The maximum Gasteiger partial charge on any atom is 0.317 e. The maximum absolute atomic E-state index is 12.5. The normalized spacial score (nSPS) is 21.0. The third-order valence-corrected chi connectivity index (χ3v) is 5.32. The molecule has 1 aromatic heterocycles. The number of piperidine rings is 1. The molecule has 2 saturated heterocycles. The second kappa shape index (κ2) is 9.03. The van der Waals surface area contributed by atoms with Gasteiger partial charge in [0.15, 0.2) is 0 Å². The quantitative estimate of drug-likeness (QED) is 0.789. The molecule has 0 bridgehead atoms. The minimum atomic E-state index is -0.238. The first-order valence-corrected chi connectivity index (χ1v) is 9.56. The van der Waals surface area contributed by atoms with Gasteiger partial charge in [0.2, 0.25) is 0 Å². The van der Waals surface area contributed by atoms with Crippen LogP contribution >= 0.6 is 0 Å². The Hall–Kier alpha value is -2.35. The van der Waals surface area contributed by atoms with Gasteiger partial charge in [-0.05, 0) is 37.6 Å². The van der Waals surface area contributed by atoms with Gasteiger partial charge in [0.05, 0.1) is 13.0 Å². The van der Waals surface area contributed by atoms with Crippen molar-refractivity contribution < 1.29 is 14.3 Å². The van der Waals surface area contributed by atoms with Crippen LogP contribution in [0.2, 0.25) is 0 Å². The molecule has 8 heteroatoms. The van der Waals surface area contributed by atoms with Crippen molar-refractivity contribution in [1.29, 1.82) is 0 Å². The zero-order chi connectivity index (χ0) is 19.2. The Kier molecular flexibility index (Phi) is 6.49. The standard InChI is InChI=1S/C19H29N5O3/c1-22-8-10-23(11-9-22)17-12-15(5-6-20-17)13-21-19(26)24-7-3-4-16(14-24)18(25)27-2/h5-6,12,16H,3-4,7-11,13-14H2,1-2H3,(H,21,26). The lowest BCUT2D eigenvalue weighted by atomic mass is 9.98. The number of piperazine rings is 1. The summed E-state index contributed by atoms with van der Waals surface area (Å²) in [6, 6.07) is 3.83. The summed E-state index contributed by atoms with van der Waals surface area (Å²) >= 11 is 0. The summed E-state index contributed by atoms with van der Waals surface area (Å²) in [6.07, 6.45) is 3.38. The fourth-order valence-electron chi connectivity index (χ4n) is 3.59. The van der Waals surface area contributed by atoms with Crippen LogP contribution in [0.15, 0.2) is 18.3 Å². The van der Waals surface area contributed by atoms with E-state index in [4.69, 9.17) is 4.74 Å². The lowest BCUT2D eigenvalue weighted by molar-refractivity contribution is -0.146. The molecule has 27 heavy (non-hydrogen) atoms. The molecule has 2 fully saturated rings. The van der Waals surface area contributed by atoms with Crippen molar-refractivity contribution in [2.45, 2.75) is 19.4 Å². The third kappa shape index (κ3) is 5.09. The van der Waals surface area contributed by atoms with Gasteiger partial charge in [-0.3, -0.25) is 4.79 Å². The Morgan fingerprint density at radius 2 is 2.04 bits per heavy atom. The summed E-state index contributed by atoms with van der Waals surface area (Å²) < 4.78 is 4.81. The minimum Gasteiger partial charge on any atom is -0.469 e. The average Bonchev–Trinajstić information content (AvgIpc) is 2.72. The highest BCUT2D eigenvalue weighted by atomic mass is 16.5. The Bertz CT molecular complexity index is 661. The second-order valence-corrected chi connectivity index (χ2v) is 7.28. The number of aromatic nitrogens is 1. The molecule has 2 amide bonds. The molecule has 0 aromatic carbocycles. The van der Waals surface area contributed by atoms with E-state index in [9.17, 15) is 9.59 Å². The van der Waals surface area contributed by atoms with E-state index in [0.717, 1.165) is 50.4 Å². The van der Waals surface area contributed by atoms with E-state index in [1.54, 1.807) is 11.1 Å². The number of ether oxygens (including phenoxy) is 1. The molecule has 0 radical (unpaired) electrons. The van der Waals surface area contributed by atoms with Crippen LogP contribution in [-0.4, -0.2) is 80.2 Å². The predicted molar refractivity (Wildman–Crippen MR) is 102 cm³/mol. The minimum absolute atomic E-state index is 0.137. The molecule has 8 nitrogen and oxygen atoms in total. The first-order valence-electron chi connectivity index (χ1n) is 9.56. The van der Waals surface area contributed by atoms with E-state index < -0.39 is 0 Å². The van der Waals surface area contributed by atoms with E-state index in [-0.39, 0.29) is 17.9 Å². The number of methoxy groups -OCH3 is 1. The van der Waals surface area contributed by atoms with Gasteiger partial charge in [0.1, 0.15) is 5.82 Å². The Morgan fingerprint density at radius 3 is 2.78 bits per heavy atom. The summed E-state index contributed by atoms with van der Waals surface area (Å²) in [5, 5.41) is 2.96. The van der Waals surface area contributed by atoms with Crippen molar-refractivity contribution in [1.82, 2.24) is 20.1 Å². The number of likely N-dealkylation sites (N-methyl/N-ethyl adjacent to an activating group) is 1. The largest absolute Gasteiger partial charge is 0.469 e. The lowest BCUT2D eigenvalue weighted by Crippen LogP contribution is -2.47. The van der Waals surface area contributed by atoms with Crippen molar-refractivity contribution in [3.63, 3.8) is 0 Å². The first-order chi connectivity index (χ1) is 13.1. The maximum atomic E-state index is 12.5. The highest BCUT2D eigenvalue weighted by Crippen LogP contribution is 2.18. The van der Waals surface area contributed by atoms with Gasteiger partial charge in [-0.1, -0.05) is 0 Å². The zero-order valence-electron chi connectivity index (χ0n) is 16.2.